The Morgan fingerprint density at radius 2 is 2.12 bits per heavy atom. The molecule has 0 unspecified atom stereocenters. The number of nitrogens with zero attached hydrogens (tertiary/aromatic N) is 3. The Balaban J connectivity index is 3.08. The van der Waals surface area contributed by atoms with Crippen LogP contribution in [0.2, 0.25) is 0 Å². The van der Waals surface area contributed by atoms with E-state index < -0.39 is 5.97 Å². The van der Waals surface area contributed by atoms with E-state index in [4.69, 9.17) is 5.11 Å². The van der Waals surface area contributed by atoms with Crippen LogP contribution in [0.5, 0.6) is 0 Å². The molecule has 0 bridgehead atoms. The van der Waals surface area contributed by atoms with Gasteiger partial charge in [-0.3, -0.25) is 4.79 Å². The van der Waals surface area contributed by atoms with Gasteiger partial charge >= 0.3 is 5.97 Å². The van der Waals surface area contributed by atoms with Gasteiger partial charge in [0.1, 0.15) is 18.2 Å². The fourth-order valence-corrected chi connectivity index (χ4v) is 1.61. The third kappa shape index (κ3) is 3.69. The highest BCUT2D eigenvalue weighted by atomic mass is 16.4. The van der Waals surface area contributed by atoms with Crippen molar-refractivity contribution in [1.82, 2.24) is 9.97 Å². The number of carboxylic acid groups (broad SMARTS) is 1. The molecule has 0 saturated heterocycles. The predicted octanol–water partition coefficient (Wildman–Crippen LogP) is 1.65. The number of aromatic nitrogens is 2. The highest BCUT2D eigenvalue weighted by Crippen LogP contribution is 2.15. The fourth-order valence-electron chi connectivity index (χ4n) is 1.61. The summed E-state index contributed by atoms with van der Waals surface area (Å²) in [6.45, 7) is 7.69. The van der Waals surface area contributed by atoms with Gasteiger partial charge in [0.05, 0.1) is 0 Å². The Labute approximate surface area is 102 Å². The van der Waals surface area contributed by atoms with Crippen LogP contribution >= 0.6 is 0 Å². The number of carbonyl (C=O) groups is 1. The zero-order valence-electron chi connectivity index (χ0n) is 10.8. The molecule has 1 N–H and O–H groups in total. The van der Waals surface area contributed by atoms with E-state index in [-0.39, 0.29) is 12.6 Å². The monoisotopic (exact) mass is 237 g/mol. The van der Waals surface area contributed by atoms with Crippen LogP contribution in [0.3, 0.4) is 0 Å². The van der Waals surface area contributed by atoms with E-state index in [2.05, 4.69) is 9.97 Å². The first kappa shape index (κ1) is 13.4. The van der Waals surface area contributed by atoms with E-state index in [1.807, 2.05) is 33.8 Å². The van der Waals surface area contributed by atoms with Crippen LogP contribution in [-0.4, -0.2) is 33.6 Å². The van der Waals surface area contributed by atoms with Crippen molar-refractivity contribution in [3.63, 3.8) is 0 Å². The summed E-state index contributed by atoms with van der Waals surface area (Å²) in [6.07, 6.45) is 0.815. The summed E-state index contributed by atoms with van der Waals surface area (Å²) in [5, 5.41) is 8.90. The zero-order valence-corrected chi connectivity index (χ0v) is 10.8. The van der Waals surface area contributed by atoms with Crippen LogP contribution in [0.1, 0.15) is 32.3 Å². The second kappa shape index (κ2) is 5.61. The SMILES string of the molecule is CCc1cc(N(CC(=O)O)C(C)C)nc(C)n1. The van der Waals surface area contributed by atoms with Crippen LogP contribution in [0.15, 0.2) is 6.07 Å². The van der Waals surface area contributed by atoms with E-state index in [0.29, 0.717) is 11.6 Å². The Kier molecular flexibility index (Phi) is 4.43. The molecule has 0 fully saturated rings. The van der Waals surface area contributed by atoms with Gasteiger partial charge in [-0.25, -0.2) is 9.97 Å². The lowest BCUT2D eigenvalue weighted by molar-refractivity contribution is -0.135. The second-order valence-electron chi connectivity index (χ2n) is 4.23. The lowest BCUT2D eigenvalue weighted by atomic mass is 10.2. The van der Waals surface area contributed by atoms with Gasteiger partial charge in [0.2, 0.25) is 0 Å². The summed E-state index contributed by atoms with van der Waals surface area (Å²) in [6, 6.07) is 1.95. The number of anilines is 1. The van der Waals surface area contributed by atoms with E-state index in [1.165, 1.54) is 0 Å². The van der Waals surface area contributed by atoms with Crippen LogP contribution in [0, 0.1) is 6.92 Å². The molecule has 0 atom stereocenters. The maximum absolute atomic E-state index is 10.8. The van der Waals surface area contributed by atoms with E-state index in [1.54, 1.807) is 4.90 Å². The molecule has 1 heterocycles. The number of aliphatic carboxylic acids is 1. The van der Waals surface area contributed by atoms with Gasteiger partial charge in [-0.05, 0) is 27.2 Å². The molecule has 5 heteroatoms. The van der Waals surface area contributed by atoms with E-state index >= 15 is 0 Å². The lowest BCUT2D eigenvalue weighted by Crippen LogP contribution is -2.36. The maximum atomic E-state index is 10.8. The molecule has 1 rings (SSSR count). The Morgan fingerprint density at radius 1 is 1.47 bits per heavy atom. The molecule has 5 nitrogen and oxygen atoms in total. The topological polar surface area (TPSA) is 66.3 Å². The van der Waals surface area contributed by atoms with Crippen molar-refractivity contribution in [2.75, 3.05) is 11.4 Å². The number of aryl methyl sites for hydroxylation is 2. The van der Waals surface area contributed by atoms with E-state index in [9.17, 15) is 4.79 Å². The predicted molar refractivity (Wildman–Crippen MR) is 66.3 cm³/mol. The first-order valence-electron chi connectivity index (χ1n) is 5.77. The number of carboxylic acids is 1. The van der Waals surface area contributed by atoms with Crippen molar-refractivity contribution >= 4 is 11.8 Å². The quantitative estimate of drug-likeness (QED) is 0.843. The fraction of sp³-hybridized carbons (Fsp3) is 0.583. The average molecular weight is 237 g/mol. The Bertz CT molecular complexity index is 405. The van der Waals surface area contributed by atoms with Crippen molar-refractivity contribution in [3.8, 4) is 0 Å². The molecule has 0 spiro atoms. The van der Waals surface area contributed by atoms with Crippen molar-refractivity contribution < 1.29 is 9.90 Å². The Morgan fingerprint density at radius 3 is 2.59 bits per heavy atom. The molecule has 17 heavy (non-hydrogen) atoms. The van der Waals surface area contributed by atoms with Crippen molar-refractivity contribution in [1.29, 1.82) is 0 Å². The molecule has 0 aromatic carbocycles. The van der Waals surface area contributed by atoms with Crippen molar-refractivity contribution in [2.45, 2.75) is 40.2 Å². The molecular formula is C12H19N3O2. The summed E-state index contributed by atoms with van der Waals surface area (Å²) in [5.41, 5.74) is 0.934. The van der Waals surface area contributed by atoms with Gasteiger partial charge in [0, 0.05) is 17.8 Å². The average Bonchev–Trinajstić information content (AvgIpc) is 2.24. The number of hydrogen-bond acceptors (Lipinski definition) is 4. The zero-order chi connectivity index (χ0) is 13.0. The van der Waals surface area contributed by atoms with Crippen LogP contribution in [0.4, 0.5) is 5.82 Å². The highest BCUT2D eigenvalue weighted by Gasteiger charge is 2.16. The summed E-state index contributed by atoms with van der Waals surface area (Å²) in [5.74, 6) is 0.509. The van der Waals surface area contributed by atoms with Gasteiger partial charge in [-0.1, -0.05) is 6.92 Å². The highest BCUT2D eigenvalue weighted by molar-refractivity contribution is 5.73. The summed E-state index contributed by atoms with van der Waals surface area (Å²) >= 11 is 0. The van der Waals surface area contributed by atoms with Gasteiger partial charge in [-0.2, -0.15) is 0 Å². The molecular weight excluding hydrogens is 218 g/mol. The first-order valence-corrected chi connectivity index (χ1v) is 5.77. The van der Waals surface area contributed by atoms with Gasteiger partial charge in [0.15, 0.2) is 0 Å². The van der Waals surface area contributed by atoms with Gasteiger partial charge < -0.3 is 10.0 Å². The maximum Gasteiger partial charge on any atom is 0.323 e. The first-order chi connectivity index (χ1) is 7.93. The molecule has 94 valence electrons. The molecule has 0 saturated carbocycles. The molecule has 0 amide bonds. The van der Waals surface area contributed by atoms with Crippen molar-refractivity contribution in [3.05, 3.63) is 17.6 Å². The molecule has 1 aromatic heterocycles. The van der Waals surface area contributed by atoms with Crippen LogP contribution in [0.25, 0.3) is 0 Å². The smallest absolute Gasteiger partial charge is 0.323 e. The van der Waals surface area contributed by atoms with Crippen LogP contribution in [-0.2, 0) is 11.2 Å². The minimum absolute atomic E-state index is 0.0444. The van der Waals surface area contributed by atoms with Crippen molar-refractivity contribution in [2.24, 2.45) is 0 Å². The lowest BCUT2D eigenvalue weighted by Gasteiger charge is -2.26. The standard InChI is InChI=1S/C12H19N3O2/c1-5-10-6-11(14-9(4)13-10)15(8(2)3)7-12(16)17/h6,8H,5,7H2,1-4H3,(H,16,17). The summed E-state index contributed by atoms with van der Waals surface area (Å²) in [7, 11) is 0. The normalized spacial score (nSPS) is 10.6. The summed E-state index contributed by atoms with van der Waals surface area (Å²) < 4.78 is 0. The van der Waals surface area contributed by atoms with Gasteiger partial charge in [-0.15, -0.1) is 0 Å². The molecule has 1 aromatic rings. The molecule has 0 aliphatic rings. The van der Waals surface area contributed by atoms with E-state index in [0.717, 1.165) is 12.1 Å². The van der Waals surface area contributed by atoms with Crippen LogP contribution < -0.4 is 4.90 Å². The molecule has 0 aliphatic heterocycles. The molecule has 0 aliphatic carbocycles. The third-order valence-corrected chi connectivity index (χ3v) is 2.46. The molecule has 0 radical (unpaired) electrons. The number of rotatable bonds is 5. The summed E-state index contributed by atoms with van der Waals surface area (Å²) in [4.78, 5) is 21.2. The Hall–Kier alpha value is -1.65. The second-order valence-corrected chi connectivity index (χ2v) is 4.23. The van der Waals surface area contributed by atoms with Gasteiger partial charge in [0.25, 0.3) is 0 Å². The third-order valence-electron chi connectivity index (χ3n) is 2.46. The minimum atomic E-state index is -0.854. The largest absolute Gasteiger partial charge is 0.480 e. The number of hydrogen-bond donors (Lipinski definition) is 1. The minimum Gasteiger partial charge on any atom is -0.480 e.